The molecule has 1 fully saturated rings. The Kier molecular flexibility index (Phi) is 4.68. The molecule has 4 heteroatoms. The van der Waals surface area contributed by atoms with Gasteiger partial charge in [-0.3, -0.25) is 0 Å². The lowest BCUT2D eigenvalue weighted by Gasteiger charge is -2.16. The van der Waals surface area contributed by atoms with Crippen molar-refractivity contribution in [3.8, 4) is 5.75 Å². The Labute approximate surface area is 118 Å². The Hall–Kier alpha value is -0.540. The first kappa shape index (κ1) is 13.9. The van der Waals surface area contributed by atoms with Crippen molar-refractivity contribution in [2.75, 3.05) is 11.1 Å². The Morgan fingerprint density at radius 3 is 2.78 bits per heavy atom. The molecule has 1 aliphatic heterocycles. The monoisotopic (exact) mass is 285 g/mol. The van der Waals surface area contributed by atoms with Gasteiger partial charge in [-0.1, -0.05) is 18.5 Å². The number of nitrogens with one attached hydrogen (secondary N) is 1. The lowest BCUT2D eigenvalue weighted by Crippen LogP contribution is -2.18. The van der Waals surface area contributed by atoms with Gasteiger partial charge >= 0.3 is 0 Å². The average Bonchev–Trinajstić information content (AvgIpc) is 2.68. The van der Waals surface area contributed by atoms with E-state index in [2.05, 4.69) is 12.2 Å². The van der Waals surface area contributed by atoms with E-state index < -0.39 is 0 Å². The number of ether oxygens (including phenoxy) is 1. The summed E-state index contributed by atoms with van der Waals surface area (Å²) in [6, 6.07) is 6.48. The highest BCUT2D eigenvalue weighted by atomic mass is 35.5. The van der Waals surface area contributed by atoms with E-state index in [-0.39, 0.29) is 6.10 Å². The van der Waals surface area contributed by atoms with Gasteiger partial charge in [0.25, 0.3) is 0 Å². The Morgan fingerprint density at radius 2 is 2.22 bits per heavy atom. The average molecular weight is 286 g/mol. The summed E-state index contributed by atoms with van der Waals surface area (Å²) in [6.45, 7) is 6.28. The second kappa shape index (κ2) is 6.07. The largest absolute Gasteiger partial charge is 0.489 e. The molecule has 0 spiro atoms. The van der Waals surface area contributed by atoms with Gasteiger partial charge in [-0.2, -0.15) is 11.8 Å². The van der Waals surface area contributed by atoms with Crippen LogP contribution in [-0.2, 0) is 0 Å². The first-order valence-corrected chi connectivity index (χ1v) is 7.81. The summed E-state index contributed by atoms with van der Waals surface area (Å²) in [6.07, 6.45) is 1.36. The summed E-state index contributed by atoms with van der Waals surface area (Å²) >= 11 is 8.24. The standard InChI is InChI=1S/C14H20ClNOS/c1-9(2)17-14-5-4-11(7-13(14)15)16-12-6-10(3)18-8-12/h4-5,7,9-10,12,16H,6,8H2,1-3H3. The Morgan fingerprint density at radius 1 is 1.44 bits per heavy atom. The summed E-state index contributed by atoms with van der Waals surface area (Å²) in [5, 5.41) is 4.96. The lowest BCUT2D eigenvalue weighted by atomic mass is 10.2. The van der Waals surface area contributed by atoms with Gasteiger partial charge in [-0.25, -0.2) is 0 Å². The van der Waals surface area contributed by atoms with Crippen molar-refractivity contribution in [1.29, 1.82) is 0 Å². The zero-order valence-corrected chi connectivity index (χ0v) is 12.6. The Balaban J connectivity index is 2.00. The molecule has 1 heterocycles. The molecule has 0 aromatic heterocycles. The molecule has 0 bridgehead atoms. The zero-order chi connectivity index (χ0) is 13.1. The maximum absolute atomic E-state index is 6.22. The van der Waals surface area contributed by atoms with E-state index in [9.17, 15) is 0 Å². The molecule has 0 aliphatic carbocycles. The highest BCUT2D eigenvalue weighted by Gasteiger charge is 2.21. The van der Waals surface area contributed by atoms with E-state index in [1.54, 1.807) is 0 Å². The minimum Gasteiger partial charge on any atom is -0.489 e. The maximum Gasteiger partial charge on any atom is 0.138 e. The molecule has 0 amide bonds. The van der Waals surface area contributed by atoms with Crippen molar-refractivity contribution >= 4 is 29.1 Å². The van der Waals surface area contributed by atoms with Crippen molar-refractivity contribution in [2.45, 2.75) is 44.6 Å². The normalized spacial score (nSPS) is 23.4. The van der Waals surface area contributed by atoms with Crippen LogP contribution in [0.2, 0.25) is 5.02 Å². The quantitative estimate of drug-likeness (QED) is 0.884. The number of rotatable bonds is 4. The van der Waals surface area contributed by atoms with E-state index >= 15 is 0 Å². The van der Waals surface area contributed by atoms with Crippen molar-refractivity contribution in [3.63, 3.8) is 0 Å². The third-order valence-corrected chi connectivity index (χ3v) is 4.52. The molecular formula is C14H20ClNOS. The molecule has 2 atom stereocenters. The molecule has 1 aliphatic rings. The van der Waals surface area contributed by atoms with Crippen molar-refractivity contribution in [1.82, 2.24) is 0 Å². The molecule has 1 aromatic carbocycles. The second-order valence-corrected chi connectivity index (χ2v) is 6.91. The van der Waals surface area contributed by atoms with Crippen LogP contribution in [0.25, 0.3) is 0 Å². The molecule has 2 nitrogen and oxygen atoms in total. The predicted octanol–water partition coefficient (Wildman–Crippen LogP) is 4.43. The summed E-state index contributed by atoms with van der Waals surface area (Å²) in [4.78, 5) is 0. The topological polar surface area (TPSA) is 21.3 Å². The predicted molar refractivity (Wildman–Crippen MR) is 81.2 cm³/mol. The molecule has 2 unspecified atom stereocenters. The molecule has 100 valence electrons. The van der Waals surface area contributed by atoms with E-state index in [4.69, 9.17) is 16.3 Å². The molecule has 0 radical (unpaired) electrons. The minimum atomic E-state index is 0.147. The molecule has 2 rings (SSSR count). The maximum atomic E-state index is 6.22. The van der Waals surface area contributed by atoms with E-state index in [1.165, 1.54) is 12.2 Å². The van der Waals surface area contributed by atoms with E-state index in [1.807, 2.05) is 43.8 Å². The molecule has 1 N–H and O–H groups in total. The highest BCUT2D eigenvalue weighted by Crippen LogP contribution is 2.32. The van der Waals surface area contributed by atoms with Gasteiger partial charge in [0, 0.05) is 22.7 Å². The first-order valence-electron chi connectivity index (χ1n) is 6.39. The summed E-state index contributed by atoms with van der Waals surface area (Å²) in [7, 11) is 0. The number of thioether (sulfide) groups is 1. The molecular weight excluding hydrogens is 266 g/mol. The van der Waals surface area contributed by atoms with E-state index in [0.717, 1.165) is 16.7 Å². The smallest absolute Gasteiger partial charge is 0.138 e. The zero-order valence-electron chi connectivity index (χ0n) is 11.1. The summed E-state index contributed by atoms with van der Waals surface area (Å²) in [5.41, 5.74) is 1.08. The molecule has 1 aromatic rings. The Bertz CT molecular complexity index is 411. The van der Waals surface area contributed by atoms with Gasteiger partial charge in [0.2, 0.25) is 0 Å². The fraction of sp³-hybridized carbons (Fsp3) is 0.571. The van der Waals surface area contributed by atoms with Crippen LogP contribution < -0.4 is 10.1 Å². The van der Waals surface area contributed by atoms with Crippen LogP contribution in [0.4, 0.5) is 5.69 Å². The van der Waals surface area contributed by atoms with Gasteiger partial charge in [0.1, 0.15) is 5.75 Å². The summed E-state index contributed by atoms with van der Waals surface area (Å²) < 4.78 is 5.62. The third-order valence-electron chi connectivity index (χ3n) is 2.86. The third kappa shape index (κ3) is 3.72. The van der Waals surface area contributed by atoms with Crippen LogP contribution in [0, 0.1) is 0 Å². The van der Waals surface area contributed by atoms with Crippen molar-refractivity contribution in [2.24, 2.45) is 0 Å². The van der Waals surface area contributed by atoms with Gasteiger partial charge in [-0.15, -0.1) is 0 Å². The molecule has 1 saturated heterocycles. The van der Waals surface area contributed by atoms with Crippen LogP contribution in [0.5, 0.6) is 5.75 Å². The fourth-order valence-electron chi connectivity index (χ4n) is 2.09. The van der Waals surface area contributed by atoms with E-state index in [0.29, 0.717) is 11.1 Å². The number of hydrogen-bond acceptors (Lipinski definition) is 3. The molecule has 0 saturated carbocycles. The van der Waals surface area contributed by atoms with Crippen LogP contribution >= 0.6 is 23.4 Å². The van der Waals surface area contributed by atoms with Crippen molar-refractivity contribution < 1.29 is 4.74 Å². The summed E-state index contributed by atoms with van der Waals surface area (Å²) in [5.74, 6) is 1.93. The number of benzene rings is 1. The number of hydrogen-bond donors (Lipinski definition) is 1. The van der Waals surface area contributed by atoms with Crippen LogP contribution in [-0.4, -0.2) is 23.1 Å². The van der Waals surface area contributed by atoms with Crippen LogP contribution in [0.3, 0.4) is 0 Å². The van der Waals surface area contributed by atoms with Gasteiger partial charge in [0.05, 0.1) is 11.1 Å². The number of anilines is 1. The van der Waals surface area contributed by atoms with Gasteiger partial charge in [-0.05, 0) is 38.5 Å². The fourth-order valence-corrected chi connectivity index (χ4v) is 3.47. The highest BCUT2D eigenvalue weighted by molar-refractivity contribution is 8.00. The van der Waals surface area contributed by atoms with Gasteiger partial charge in [0.15, 0.2) is 0 Å². The number of halogens is 1. The minimum absolute atomic E-state index is 0.147. The van der Waals surface area contributed by atoms with Crippen molar-refractivity contribution in [3.05, 3.63) is 23.2 Å². The second-order valence-electron chi connectivity index (χ2n) is 5.03. The first-order chi connectivity index (χ1) is 8.54. The lowest BCUT2D eigenvalue weighted by molar-refractivity contribution is 0.242. The van der Waals surface area contributed by atoms with Crippen LogP contribution in [0.1, 0.15) is 27.2 Å². The van der Waals surface area contributed by atoms with Crippen LogP contribution in [0.15, 0.2) is 18.2 Å². The molecule has 18 heavy (non-hydrogen) atoms. The SMILES string of the molecule is CC(C)Oc1ccc(NC2CSC(C)C2)cc1Cl. The van der Waals surface area contributed by atoms with Gasteiger partial charge < -0.3 is 10.1 Å².